The molecule has 0 fully saturated rings. The van der Waals surface area contributed by atoms with E-state index in [-0.39, 0.29) is 0 Å². The van der Waals surface area contributed by atoms with Gasteiger partial charge in [-0.05, 0) is 30.5 Å². The molecule has 7 heteroatoms. The molecule has 0 saturated carbocycles. The number of rotatable bonds is 4. The Morgan fingerprint density at radius 3 is 2.27 bits per heavy atom. The largest absolute Gasteiger partial charge is 0.444 e. The van der Waals surface area contributed by atoms with Gasteiger partial charge in [0.25, 0.3) is 0 Å². The van der Waals surface area contributed by atoms with Gasteiger partial charge in [0.05, 0.1) is 11.3 Å². The molecule has 1 unspecified atom stereocenters. The molecular formula is C19H17N4O2P. The van der Waals surface area contributed by atoms with Crippen LogP contribution in [0.25, 0.3) is 33.5 Å². The smallest absolute Gasteiger partial charge is 0.225 e. The van der Waals surface area contributed by atoms with Crippen LogP contribution in [0.15, 0.2) is 48.5 Å². The number of aryl methyl sites for hydroxylation is 2. The van der Waals surface area contributed by atoms with E-state index in [1.54, 1.807) is 0 Å². The lowest BCUT2D eigenvalue weighted by molar-refractivity contribution is 0.527. The van der Waals surface area contributed by atoms with Crippen LogP contribution in [-0.2, 0) is 4.57 Å². The van der Waals surface area contributed by atoms with Crippen molar-refractivity contribution in [2.24, 2.45) is 0 Å². The van der Waals surface area contributed by atoms with E-state index < -0.39 is 8.69 Å². The highest BCUT2D eigenvalue weighted by molar-refractivity contribution is 7.17. The summed E-state index contributed by atoms with van der Waals surface area (Å²) < 4.78 is 17.0. The van der Waals surface area contributed by atoms with Gasteiger partial charge in [0.2, 0.25) is 8.69 Å². The zero-order chi connectivity index (χ0) is 18.1. The zero-order valence-corrected chi connectivity index (χ0v) is 15.5. The molecule has 0 aliphatic heterocycles. The summed E-state index contributed by atoms with van der Waals surface area (Å²) in [6.45, 7) is 4.06. The van der Waals surface area contributed by atoms with Crippen molar-refractivity contribution in [1.82, 2.24) is 20.4 Å². The molecule has 2 aromatic heterocycles. The fraction of sp³-hybridized carbons (Fsp3) is 0.105. The van der Waals surface area contributed by atoms with Crippen molar-refractivity contribution in [1.29, 1.82) is 0 Å². The van der Waals surface area contributed by atoms with E-state index in [0.717, 1.165) is 33.5 Å². The first-order valence-corrected chi connectivity index (χ1v) is 9.12. The van der Waals surface area contributed by atoms with Crippen LogP contribution in [0.5, 0.6) is 5.75 Å². The van der Waals surface area contributed by atoms with Gasteiger partial charge in [-0.25, -0.2) is 10.1 Å². The minimum Gasteiger partial charge on any atom is -0.444 e. The Balaban J connectivity index is 2.17. The van der Waals surface area contributed by atoms with E-state index >= 15 is 0 Å². The molecule has 0 aliphatic carbocycles. The molecule has 0 bridgehead atoms. The van der Waals surface area contributed by atoms with Crippen molar-refractivity contribution in [3.05, 3.63) is 59.7 Å². The Hall–Kier alpha value is -2.98. The quantitative estimate of drug-likeness (QED) is 0.544. The third-order valence-electron chi connectivity index (χ3n) is 4.41. The Morgan fingerprint density at radius 2 is 1.62 bits per heavy atom. The lowest BCUT2D eigenvalue weighted by Gasteiger charge is -2.16. The monoisotopic (exact) mass is 364 g/mol. The molecule has 1 atom stereocenters. The van der Waals surface area contributed by atoms with Gasteiger partial charge in [0, 0.05) is 5.56 Å². The average Bonchev–Trinajstić information content (AvgIpc) is 3.11. The van der Waals surface area contributed by atoms with Crippen LogP contribution in [0.1, 0.15) is 11.1 Å². The highest BCUT2D eigenvalue weighted by Gasteiger charge is 2.23. The van der Waals surface area contributed by atoms with E-state index in [1.807, 2.05) is 62.4 Å². The highest BCUT2D eigenvalue weighted by Crippen LogP contribution is 2.44. The summed E-state index contributed by atoms with van der Waals surface area (Å²) in [5.41, 5.74) is 6.60. The Kier molecular flexibility index (Phi) is 4.27. The Morgan fingerprint density at radius 1 is 0.962 bits per heavy atom. The van der Waals surface area contributed by atoms with Crippen molar-refractivity contribution >= 4 is 19.9 Å². The van der Waals surface area contributed by atoms with Crippen LogP contribution in [0.4, 0.5) is 0 Å². The van der Waals surface area contributed by atoms with Crippen molar-refractivity contribution in [2.45, 2.75) is 13.8 Å². The van der Waals surface area contributed by atoms with Crippen LogP contribution < -0.4 is 4.52 Å². The number of aromatic nitrogens is 4. The number of fused-ring (bicyclic) bond motifs is 1. The van der Waals surface area contributed by atoms with Gasteiger partial charge in [-0.2, -0.15) is 0 Å². The number of pyridine rings is 1. The Labute approximate surface area is 151 Å². The van der Waals surface area contributed by atoms with Crippen molar-refractivity contribution in [2.75, 3.05) is 0 Å². The second-order valence-corrected chi connectivity index (χ2v) is 6.45. The molecule has 2 aromatic carbocycles. The zero-order valence-electron chi connectivity index (χ0n) is 14.4. The minimum atomic E-state index is -1.46. The highest BCUT2D eigenvalue weighted by atomic mass is 31.1. The first kappa shape index (κ1) is 16.5. The summed E-state index contributed by atoms with van der Waals surface area (Å²) in [5.74, 6) is 0.446. The van der Waals surface area contributed by atoms with E-state index in [9.17, 15) is 4.57 Å². The summed E-state index contributed by atoms with van der Waals surface area (Å²) in [6.07, 6.45) is 0. The summed E-state index contributed by atoms with van der Waals surface area (Å²) in [4.78, 5) is 4.77. The minimum absolute atomic E-state index is 0.446. The molecule has 4 aromatic rings. The predicted molar refractivity (Wildman–Crippen MR) is 103 cm³/mol. The molecule has 4 rings (SSSR count). The second-order valence-electron chi connectivity index (χ2n) is 6.02. The summed E-state index contributed by atoms with van der Waals surface area (Å²) >= 11 is 0. The number of hydrogen-bond acceptors (Lipinski definition) is 5. The lowest BCUT2D eigenvalue weighted by atomic mass is 9.93. The number of aromatic amines is 1. The molecule has 1 N–H and O–H groups in total. The van der Waals surface area contributed by atoms with E-state index in [0.29, 0.717) is 16.9 Å². The van der Waals surface area contributed by atoms with Gasteiger partial charge in [-0.3, -0.25) is 4.57 Å². The molecule has 26 heavy (non-hydrogen) atoms. The van der Waals surface area contributed by atoms with Gasteiger partial charge in [0.1, 0.15) is 0 Å². The van der Waals surface area contributed by atoms with E-state index in [2.05, 4.69) is 15.4 Å². The number of benzene rings is 2. The van der Waals surface area contributed by atoms with Gasteiger partial charge in [-0.15, -0.1) is 5.10 Å². The lowest BCUT2D eigenvalue weighted by Crippen LogP contribution is -1.97. The van der Waals surface area contributed by atoms with Crippen molar-refractivity contribution in [3.8, 4) is 28.1 Å². The van der Waals surface area contributed by atoms with Gasteiger partial charge in [-0.1, -0.05) is 53.7 Å². The van der Waals surface area contributed by atoms with Crippen LogP contribution in [0, 0.1) is 13.8 Å². The molecule has 0 saturated heterocycles. The van der Waals surface area contributed by atoms with Crippen molar-refractivity contribution in [3.63, 3.8) is 0 Å². The predicted octanol–water partition coefficient (Wildman–Crippen LogP) is 4.35. The number of nitrogens with zero attached hydrogens (tertiary/aromatic N) is 3. The standard InChI is InChI=1S/C19H17N4O2P/c1-11-7-3-5-9-13(11)15-16(14-10-6-4-8-12(14)2)20-19-17(21-23-22-19)18(15)25-26-24/h3-10H,26H2,1-2H3,(H,20,21,22,23). The Bertz CT molecular complexity index is 1120. The average molecular weight is 364 g/mol. The van der Waals surface area contributed by atoms with Gasteiger partial charge in [0.15, 0.2) is 16.9 Å². The molecular weight excluding hydrogens is 347 g/mol. The third kappa shape index (κ3) is 2.68. The molecule has 0 spiro atoms. The fourth-order valence-electron chi connectivity index (χ4n) is 3.15. The first-order valence-electron chi connectivity index (χ1n) is 8.17. The van der Waals surface area contributed by atoms with Gasteiger partial charge >= 0.3 is 0 Å². The van der Waals surface area contributed by atoms with Crippen LogP contribution in [0.2, 0.25) is 0 Å². The van der Waals surface area contributed by atoms with E-state index in [4.69, 9.17) is 9.51 Å². The maximum atomic E-state index is 11.4. The SMILES string of the molecule is Cc1ccccc1-c1nc2[nH]nnc2c(O[PH2]=O)c1-c1ccccc1C. The molecule has 0 amide bonds. The first-order chi connectivity index (χ1) is 12.7. The number of H-pyrrole nitrogens is 1. The third-order valence-corrected chi connectivity index (χ3v) is 4.75. The molecule has 6 nitrogen and oxygen atoms in total. The summed E-state index contributed by atoms with van der Waals surface area (Å²) in [5, 5.41) is 10.7. The van der Waals surface area contributed by atoms with Crippen LogP contribution in [0.3, 0.4) is 0 Å². The number of nitrogens with one attached hydrogen (secondary N) is 1. The number of hydrogen-bond donors (Lipinski definition) is 1. The normalized spacial score (nSPS) is 11.5. The maximum absolute atomic E-state index is 11.4. The maximum Gasteiger partial charge on any atom is 0.225 e. The molecule has 0 radical (unpaired) electrons. The molecule has 0 aliphatic rings. The summed E-state index contributed by atoms with van der Waals surface area (Å²) in [6, 6.07) is 16.0. The molecule has 130 valence electrons. The van der Waals surface area contributed by atoms with Crippen molar-refractivity contribution < 1.29 is 9.09 Å². The topological polar surface area (TPSA) is 80.8 Å². The fourth-order valence-corrected chi connectivity index (χ4v) is 3.47. The van der Waals surface area contributed by atoms with Gasteiger partial charge < -0.3 is 4.52 Å². The van der Waals surface area contributed by atoms with E-state index in [1.165, 1.54) is 0 Å². The van der Waals surface area contributed by atoms with Crippen LogP contribution in [-0.4, -0.2) is 20.4 Å². The second kappa shape index (κ2) is 6.73. The summed E-state index contributed by atoms with van der Waals surface area (Å²) in [7, 11) is -1.46. The van der Waals surface area contributed by atoms with Crippen LogP contribution >= 0.6 is 8.69 Å². The molecule has 2 heterocycles.